The molecule has 2 atom stereocenters. The van der Waals surface area contributed by atoms with Crippen LogP contribution in [-0.2, 0) is 0 Å². The minimum atomic E-state index is -0.235. The van der Waals surface area contributed by atoms with Crippen LogP contribution in [0.2, 0.25) is 0 Å². The summed E-state index contributed by atoms with van der Waals surface area (Å²) in [6.07, 6.45) is 1.56. The lowest BCUT2D eigenvalue weighted by Crippen LogP contribution is -2.16. The second kappa shape index (κ2) is 3.12. The molecule has 0 aliphatic carbocycles. The molecule has 0 amide bonds. The molecule has 1 N–H and O–H groups in total. The number of hydrogen-bond donors (Lipinski definition) is 1. The van der Waals surface area contributed by atoms with Crippen LogP contribution in [0, 0.1) is 0 Å². The Hall–Kier alpha value is -0.450. The molecule has 1 aromatic heterocycles. The van der Waals surface area contributed by atoms with E-state index >= 15 is 0 Å². The molecule has 66 valence electrons. The van der Waals surface area contributed by atoms with E-state index in [0.717, 1.165) is 18.1 Å². The van der Waals surface area contributed by atoms with Crippen molar-refractivity contribution in [3.05, 3.63) is 16.6 Å². The number of aliphatic hydroxyl groups is 1. The van der Waals surface area contributed by atoms with Crippen molar-refractivity contribution in [2.24, 2.45) is 0 Å². The number of rotatable bonds is 1. The zero-order chi connectivity index (χ0) is 8.55. The smallest absolute Gasteiger partial charge is 0.0995 e. The first-order valence-electron chi connectivity index (χ1n) is 4.03. The van der Waals surface area contributed by atoms with Crippen LogP contribution in [-0.4, -0.2) is 41.2 Å². The Balaban J connectivity index is 2.15. The van der Waals surface area contributed by atoms with Crippen LogP contribution in [0.1, 0.15) is 10.9 Å². The molecule has 1 fully saturated rings. The van der Waals surface area contributed by atoms with Crippen LogP contribution in [0.3, 0.4) is 0 Å². The summed E-state index contributed by atoms with van der Waals surface area (Å²) < 4.78 is 0. The summed E-state index contributed by atoms with van der Waals surface area (Å²) in [5.74, 6) is 0.231. The van der Waals surface area contributed by atoms with Gasteiger partial charge in [0, 0.05) is 24.7 Å². The van der Waals surface area contributed by atoms with Gasteiger partial charge in [-0.1, -0.05) is 0 Å². The second-order valence-corrected chi connectivity index (χ2v) is 4.19. The number of aromatic nitrogens is 1. The lowest BCUT2D eigenvalue weighted by atomic mass is 10.1. The third-order valence-electron chi connectivity index (χ3n) is 2.24. The van der Waals surface area contributed by atoms with Gasteiger partial charge >= 0.3 is 0 Å². The Bertz CT molecular complexity index is 250. The van der Waals surface area contributed by atoms with Gasteiger partial charge in [-0.05, 0) is 7.05 Å². The summed E-state index contributed by atoms with van der Waals surface area (Å²) in [6, 6.07) is 0. The lowest BCUT2D eigenvalue weighted by Gasteiger charge is -2.08. The number of hydrogen-bond acceptors (Lipinski definition) is 4. The van der Waals surface area contributed by atoms with E-state index in [4.69, 9.17) is 0 Å². The van der Waals surface area contributed by atoms with E-state index in [-0.39, 0.29) is 12.0 Å². The summed E-state index contributed by atoms with van der Waals surface area (Å²) >= 11 is 1.63. The Labute approximate surface area is 75.7 Å². The molecule has 0 saturated carbocycles. The van der Waals surface area contributed by atoms with Crippen LogP contribution < -0.4 is 0 Å². The fourth-order valence-corrected chi connectivity index (χ4v) is 2.43. The summed E-state index contributed by atoms with van der Waals surface area (Å²) in [4.78, 5) is 6.35. The molecule has 2 rings (SSSR count). The van der Waals surface area contributed by atoms with Crippen LogP contribution in [0.4, 0.5) is 0 Å². The summed E-state index contributed by atoms with van der Waals surface area (Å²) in [5, 5.41) is 12.7. The third kappa shape index (κ3) is 1.37. The van der Waals surface area contributed by atoms with Gasteiger partial charge in [0.1, 0.15) is 0 Å². The number of likely N-dealkylation sites (tertiary alicyclic amines) is 1. The Kier molecular flexibility index (Phi) is 2.12. The largest absolute Gasteiger partial charge is 0.391 e. The molecule has 0 aromatic carbocycles. The average Bonchev–Trinajstić information content (AvgIpc) is 2.58. The van der Waals surface area contributed by atoms with Crippen molar-refractivity contribution in [2.75, 3.05) is 20.1 Å². The first-order chi connectivity index (χ1) is 5.77. The highest BCUT2D eigenvalue weighted by molar-refractivity contribution is 7.09. The molecule has 0 radical (unpaired) electrons. The molecule has 0 bridgehead atoms. The molecule has 1 saturated heterocycles. The predicted octanol–water partition coefficient (Wildman–Crippen LogP) is 0.533. The molecular formula is C8H12N2OS. The fourth-order valence-electron chi connectivity index (χ4n) is 1.64. The first-order valence-corrected chi connectivity index (χ1v) is 4.91. The van der Waals surface area contributed by atoms with Gasteiger partial charge in [0.25, 0.3) is 0 Å². The van der Waals surface area contributed by atoms with Gasteiger partial charge in [0.05, 0.1) is 17.0 Å². The zero-order valence-electron chi connectivity index (χ0n) is 6.97. The Morgan fingerprint density at radius 1 is 1.67 bits per heavy atom. The minimum absolute atomic E-state index is 0.231. The standard InChI is InChI=1S/C8H12N2OS/c1-10-4-6(7(11)5-10)8-9-2-3-12-8/h2-3,6-7,11H,4-5H2,1H3/t6-,7-/m0/s1. The predicted molar refractivity (Wildman–Crippen MR) is 48.4 cm³/mol. The van der Waals surface area contributed by atoms with Crippen LogP contribution in [0.25, 0.3) is 0 Å². The van der Waals surface area contributed by atoms with Gasteiger partial charge in [-0.3, -0.25) is 0 Å². The number of thiazole rings is 1. The molecule has 0 unspecified atom stereocenters. The molecule has 1 aliphatic heterocycles. The van der Waals surface area contributed by atoms with Crippen LogP contribution in [0.15, 0.2) is 11.6 Å². The van der Waals surface area contributed by atoms with Gasteiger partial charge in [-0.15, -0.1) is 11.3 Å². The molecule has 1 aliphatic rings. The van der Waals surface area contributed by atoms with Gasteiger partial charge in [-0.25, -0.2) is 4.98 Å². The highest BCUT2D eigenvalue weighted by atomic mass is 32.1. The van der Waals surface area contributed by atoms with Gasteiger partial charge < -0.3 is 10.0 Å². The Morgan fingerprint density at radius 2 is 2.50 bits per heavy atom. The zero-order valence-corrected chi connectivity index (χ0v) is 7.79. The minimum Gasteiger partial charge on any atom is -0.391 e. The third-order valence-corrected chi connectivity index (χ3v) is 3.15. The monoisotopic (exact) mass is 184 g/mol. The molecule has 1 aromatic rings. The SMILES string of the molecule is CN1C[C@H](c2nccs2)[C@@H](O)C1. The normalized spacial score (nSPS) is 31.2. The molecule has 4 heteroatoms. The number of aliphatic hydroxyl groups excluding tert-OH is 1. The molecular weight excluding hydrogens is 172 g/mol. The highest BCUT2D eigenvalue weighted by Gasteiger charge is 2.31. The maximum Gasteiger partial charge on any atom is 0.0995 e. The second-order valence-electron chi connectivity index (χ2n) is 3.27. The molecule has 3 nitrogen and oxygen atoms in total. The van der Waals surface area contributed by atoms with E-state index in [0.29, 0.717) is 0 Å². The molecule has 0 spiro atoms. The van der Waals surface area contributed by atoms with Crippen molar-refractivity contribution in [2.45, 2.75) is 12.0 Å². The number of β-amino-alcohol motifs (C(OH)–C–C–N with tert-alkyl or cyclic N) is 1. The molecule has 12 heavy (non-hydrogen) atoms. The van der Waals surface area contributed by atoms with E-state index in [1.807, 2.05) is 12.4 Å². The van der Waals surface area contributed by atoms with Crippen molar-refractivity contribution < 1.29 is 5.11 Å². The van der Waals surface area contributed by atoms with Crippen LogP contribution >= 0.6 is 11.3 Å². The topological polar surface area (TPSA) is 36.4 Å². The fraction of sp³-hybridized carbons (Fsp3) is 0.625. The van der Waals surface area contributed by atoms with Crippen LogP contribution in [0.5, 0.6) is 0 Å². The van der Waals surface area contributed by atoms with Gasteiger partial charge in [0.15, 0.2) is 0 Å². The van der Waals surface area contributed by atoms with Crippen molar-refractivity contribution in [3.63, 3.8) is 0 Å². The lowest BCUT2D eigenvalue weighted by molar-refractivity contribution is 0.168. The van der Waals surface area contributed by atoms with E-state index in [9.17, 15) is 5.11 Å². The average molecular weight is 184 g/mol. The summed E-state index contributed by atoms with van der Waals surface area (Å²) in [5.41, 5.74) is 0. The van der Waals surface area contributed by atoms with E-state index < -0.39 is 0 Å². The van der Waals surface area contributed by atoms with E-state index in [1.165, 1.54) is 0 Å². The van der Waals surface area contributed by atoms with E-state index in [1.54, 1.807) is 17.5 Å². The van der Waals surface area contributed by atoms with E-state index in [2.05, 4.69) is 9.88 Å². The quantitative estimate of drug-likeness (QED) is 0.692. The van der Waals surface area contributed by atoms with Crippen molar-refractivity contribution in [3.8, 4) is 0 Å². The van der Waals surface area contributed by atoms with Crippen molar-refractivity contribution in [1.29, 1.82) is 0 Å². The maximum absolute atomic E-state index is 9.66. The highest BCUT2D eigenvalue weighted by Crippen LogP contribution is 2.27. The number of nitrogens with zero attached hydrogens (tertiary/aromatic N) is 2. The van der Waals surface area contributed by atoms with Crippen molar-refractivity contribution in [1.82, 2.24) is 9.88 Å². The summed E-state index contributed by atoms with van der Waals surface area (Å²) in [6.45, 7) is 1.69. The number of likely N-dealkylation sites (N-methyl/N-ethyl adjacent to an activating group) is 1. The summed E-state index contributed by atoms with van der Waals surface area (Å²) in [7, 11) is 2.02. The molecule has 2 heterocycles. The maximum atomic E-state index is 9.66. The van der Waals surface area contributed by atoms with Gasteiger partial charge in [-0.2, -0.15) is 0 Å². The van der Waals surface area contributed by atoms with Gasteiger partial charge in [0.2, 0.25) is 0 Å². The van der Waals surface area contributed by atoms with Crippen molar-refractivity contribution >= 4 is 11.3 Å². The first kappa shape index (κ1) is 8.16. The Morgan fingerprint density at radius 3 is 3.00 bits per heavy atom.